The summed E-state index contributed by atoms with van der Waals surface area (Å²) < 4.78 is 8.87. The average Bonchev–Trinajstić information content (AvgIpc) is 3.20. The van der Waals surface area contributed by atoms with E-state index in [4.69, 9.17) is 16.0 Å². The minimum absolute atomic E-state index is 0.165. The van der Waals surface area contributed by atoms with Crippen LogP contribution in [0.5, 0.6) is 0 Å². The van der Waals surface area contributed by atoms with E-state index in [2.05, 4.69) is 97.6 Å². The molecule has 0 saturated heterocycles. The molecule has 2 aromatic rings. The molecule has 7 heteroatoms. The Morgan fingerprint density at radius 2 is 1.43 bits per heavy atom. The van der Waals surface area contributed by atoms with Gasteiger partial charge < -0.3 is 4.43 Å². The standard InChI is InChI=1S/C28H46ClN3OSi2/c1-20(2)34(21(3)4,22(5)6)15-16-35(23(7)8,24(9)10)33-25(11)28-19-32(31-30-28)18-26-13-12-14-27(29)17-26/h12-14,17,19-25H,18H2,1-11H3/t25-/m1/s1. The molecular formula is C28H46ClN3OSi2. The van der Waals surface area contributed by atoms with Crippen LogP contribution in [0.2, 0.25) is 32.7 Å². The van der Waals surface area contributed by atoms with Crippen LogP contribution in [0.3, 0.4) is 0 Å². The average molecular weight is 532 g/mol. The lowest BCUT2D eigenvalue weighted by atomic mass is 10.2. The second-order valence-corrected chi connectivity index (χ2v) is 21.9. The third kappa shape index (κ3) is 6.68. The number of rotatable bonds is 10. The van der Waals surface area contributed by atoms with E-state index in [0.717, 1.165) is 16.3 Å². The van der Waals surface area contributed by atoms with Crippen molar-refractivity contribution in [3.05, 3.63) is 46.7 Å². The summed E-state index contributed by atoms with van der Waals surface area (Å²) in [6, 6.07) is 7.85. The summed E-state index contributed by atoms with van der Waals surface area (Å²) >= 11 is 6.15. The Morgan fingerprint density at radius 3 is 1.91 bits per heavy atom. The first-order valence-electron chi connectivity index (χ1n) is 13.1. The third-order valence-electron chi connectivity index (χ3n) is 7.63. The van der Waals surface area contributed by atoms with Gasteiger partial charge in [-0.3, -0.25) is 0 Å². The molecule has 2 rings (SSSR count). The maximum atomic E-state index is 7.01. The Labute approximate surface area is 221 Å². The fourth-order valence-electron chi connectivity index (χ4n) is 5.65. The Morgan fingerprint density at radius 1 is 0.857 bits per heavy atom. The molecule has 4 nitrogen and oxygen atoms in total. The monoisotopic (exact) mass is 531 g/mol. The quantitative estimate of drug-likeness (QED) is 0.227. The summed E-state index contributed by atoms with van der Waals surface area (Å²) in [5.41, 5.74) is 12.4. The van der Waals surface area contributed by atoms with Crippen molar-refractivity contribution in [2.45, 2.75) is 117 Å². The summed E-state index contributed by atoms with van der Waals surface area (Å²) in [5.74, 6) is 0. The van der Waals surface area contributed by atoms with Crippen molar-refractivity contribution in [1.82, 2.24) is 15.0 Å². The van der Waals surface area contributed by atoms with Gasteiger partial charge in [0.15, 0.2) is 0 Å². The molecule has 1 aromatic carbocycles. The van der Waals surface area contributed by atoms with Gasteiger partial charge in [-0.2, -0.15) is 0 Å². The highest BCUT2D eigenvalue weighted by atomic mass is 35.5. The fourth-order valence-corrected chi connectivity index (χ4v) is 15.6. The van der Waals surface area contributed by atoms with Crippen LogP contribution in [-0.4, -0.2) is 31.4 Å². The highest BCUT2D eigenvalue weighted by Crippen LogP contribution is 2.42. The summed E-state index contributed by atoms with van der Waals surface area (Å²) in [7, 11) is -4.29. The van der Waals surface area contributed by atoms with E-state index < -0.39 is 16.4 Å². The normalized spacial score (nSPS) is 13.7. The molecule has 0 radical (unpaired) electrons. The molecule has 0 aliphatic heterocycles. The zero-order valence-corrected chi connectivity index (χ0v) is 26.4. The highest BCUT2D eigenvalue weighted by Gasteiger charge is 2.46. The van der Waals surface area contributed by atoms with Crippen LogP contribution < -0.4 is 0 Å². The second kappa shape index (κ2) is 12.2. The Bertz CT molecular complexity index is 991. The van der Waals surface area contributed by atoms with Crippen molar-refractivity contribution in [2.24, 2.45) is 0 Å². The molecule has 0 N–H and O–H groups in total. The largest absolute Gasteiger partial charge is 0.396 e. The molecular weight excluding hydrogens is 486 g/mol. The van der Waals surface area contributed by atoms with Crippen LogP contribution in [0.1, 0.15) is 93.5 Å². The number of hydrogen-bond acceptors (Lipinski definition) is 3. The van der Waals surface area contributed by atoms with Gasteiger partial charge in [0.1, 0.15) is 13.8 Å². The topological polar surface area (TPSA) is 39.9 Å². The maximum absolute atomic E-state index is 7.01. The molecule has 0 saturated carbocycles. The minimum Gasteiger partial charge on any atom is -0.396 e. The predicted molar refractivity (Wildman–Crippen MR) is 155 cm³/mol. The van der Waals surface area contributed by atoms with E-state index in [-0.39, 0.29) is 6.10 Å². The molecule has 0 fully saturated rings. The maximum Gasteiger partial charge on any atom is 0.276 e. The van der Waals surface area contributed by atoms with Crippen LogP contribution in [0.4, 0.5) is 0 Å². The Kier molecular flexibility index (Phi) is 10.4. The van der Waals surface area contributed by atoms with E-state index in [1.807, 2.05) is 35.1 Å². The smallest absolute Gasteiger partial charge is 0.276 e. The predicted octanol–water partition coefficient (Wildman–Crippen LogP) is 8.58. The lowest BCUT2D eigenvalue weighted by molar-refractivity contribution is 0.203. The van der Waals surface area contributed by atoms with Crippen LogP contribution in [0, 0.1) is 11.1 Å². The Hall–Kier alpha value is -1.40. The van der Waals surface area contributed by atoms with Gasteiger partial charge in [0.05, 0.1) is 18.8 Å². The van der Waals surface area contributed by atoms with E-state index in [0.29, 0.717) is 34.3 Å². The minimum atomic E-state index is -2.44. The highest BCUT2D eigenvalue weighted by molar-refractivity contribution is 6.93. The van der Waals surface area contributed by atoms with E-state index in [1.54, 1.807) is 0 Å². The molecule has 0 amide bonds. The van der Waals surface area contributed by atoms with Crippen LogP contribution in [0.15, 0.2) is 30.5 Å². The molecule has 0 aliphatic rings. The zero-order chi connectivity index (χ0) is 26.6. The molecule has 1 atom stereocenters. The molecule has 1 aromatic heterocycles. The van der Waals surface area contributed by atoms with E-state index in [1.165, 1.54) is 0 Å². The summed E-state index contributed by atoms with van der Waals surface area (Å²) in [4.78, 5) is 0. The van der Waals surface area contributed by atoms with Crippen molar-refractivity contribution in [2.75, 3.05) is 0 Å². The number of aromatic nitrogens is 3. The van der Waals surface area contributed by atoms with Gasteiger partial charge in [-0.25, -0.2) is 4.68 Å². The van der Waals surface area contributed by atoms with Gasteiger partial charge in [-0.1, -0.05) is 98.2 Å². The van der Waals surface area contributed by atoms with Crippen LogP contribution >= 0.6 is 11.6 Å². The first-order chi connectivity index (χ1) is 16.3. The van der Waals surface area contributed by atoms with Gasteiger partial charge in [-0.15, -0.1) is 16.2 Å². The molecule has 194 valence electrons. The van der Waals surface area contributed by atoms with Crippen molar-refractivity contribution >= 4 is 28.0 Å². The van der Waals surface area contributed by atoms with Crippen molar-refractivity contribution in [3.63, 3.8) is 0 Å². The number of nitrogens with zero attached hydrogens (tertiary/aromatic N) is 3. The summed E-state index contributed by atoms with van der Waals surface area (Å²) in [6.07, 6.45) is 1.83. The van der Waals surface area contributed by atoms with Gasteiger partial charge >= 0.3 is 0 Å². The van der Waals surface area contributed by atoms with E-state index in [9.17, 15) is 0 Å². The van der Waals surface area contributed by atoms with Gasteiger partial charge in [-0.05, 0) is 52.3 Å². The number of hydrogen-bond donors (Lipinski definition) is 0. The number of benzene rings is 1. The van der Waals surface area contributed by atoms with Gasteiger partial charge in [0, 0.05) is 5.02 Å². The second-order valence-electron chi connectivity index (χ2n) is 11.5. The molecule has 0 aliphatic carbocycles. The van der Waals surface area contributed by atoms with Crippen LogP contribution in [-0.2, 0) is 11.0 Å². The van der Waals surface area contributed by atoms with Crippen molar-refractivity contribution in [1.29, 1.82) is 0 Å². The summed E-state index contributed by atoms with van der Waals surface area (Å²) in [6.45, 7) is 26.1. The molecule has 0 bridgehead atoms. The molecule has 35 heavy (non-hydrogen) atoms. The SMILES string of the molecule is CC(C)[Si](C#C[Si](C(C)C)(C(C)C)C(C)C)(O[C@H](C)c1cn(Cc2cccc(Cl)c2)nn1)C(C)C. The molecule has 0 spiro atoms. The van der Waals surface area contributed by atoms with E-state index >= 15 is 0 Å². The summed E-state index contributed by atoms with van der Waals surface area (Å²) in [5, 5.41) is 9.56. The van der Waals surface area contributed by atoms with Gasteiger partial charge in [0.2, 0.25) is 0 Å². The Balaban J connectivity index is 2.40. The molecule has 1 heterocycles. The van der Waals surface area contributed by atoms with Gasteiger partial charge in [0.25, 0.3) is 8.32 Å². The molecule has 0 unspecified atom stereocenters. The van der Waals surface area contributed by atoms with Crippen molar-refractivity contribution in [3.8, 4) is 11.1 Å². The zero-order valence-electron chi connectivity index (χ0n) is 23.7. The third-order valence-corrected chi connectivity index (χ3v) is 19.1. The lowest BCUT2D eigenvalue weighted by Gasteiger charge is -2.40. The lowest BCUT2D eigenvalue weighted by Crippen LogP contribution is -2.48. The number of halogens is 1. The first kappa shape index (κ1) is 29.8. The van der Waals surface area contributed by atoms with Crippen LogP contribution in [0.25, 0.3) is 0 Å². The first-order valence-corrected chi connectivity index (χ1v) is 17.8. The fraction of sp³-hybridized carbons (Fsp3) is 0.643. The van der Waals surface area contributed by atoms with Crippen molar-refractivity contribution < 1.29 is 4.43 Å².